The first-order valence-electron chi connectivity index (χ1n) is 7.91. The molecule has 8 heteroatoms. The lowest BCUT2D eigenvalue weighted by Gasteiger charge is -2.13. The first-order valence-corrected chi connectivity index (χ1v) is 7.91. The number of nitrogens with one attached hydrogen (secondary N) is 1. The van der Waals surface area contributed by atoms with Crippen molar-refractivity contribution in [3.8, 4) is 5.69 Å². The lowest BCUT2D eigenvalue weighted by Crippen LogP contribution is -2.27. The largest absolute Gasteiger partial charge is 0.416 e. The van der Waals surface area contributed by atoms with Crippen molar-refractivity contribution < 1.29 is 18.0 Å². The Bertz CT molecular complexity index is 1040. The molecule has 1 N–H and O–H groups in total. The van der Waals surface area contributed by atoms with Crippen LogP contribution in [0.2, 0.25) is 0 Å². The number of para-hydroxylation sites is 1. The van der Waals surface area contributed by atoms with E-state index < -0.39 is 28.8 Å². The summed E-state index contributed by atoms with van der Waals surface area (Å²) in [4.78, 5) is 24.6. The molecule has 0 bridgehead atoms. The summed E-state index contributed by atoms with van der Waals surface area (Å²) in [5.41, 5.74) is -1.03. The van der Waals surface area contributed by atoms with Crippen LogP contribution in [0.3, 0.4) is 0 Å². The molecule has 1 heterocycles. The van der Waals surface area contributed by atoms with E-state index >= 15 is 0 Å². The fraction of sp³-hybridized carbons (Fsp3) is 0.105. The molecule has 1 aromatic heterocycles. The number of carbonyl (C=O) groups excluding carboxylic acids is 1. The lowest BCUT2D eigenvalue weighted by atomic mass is 10.2. The third-order valence-electron chi connectivity index (χ3n) is 3.77. The standard InChI is InChI=1S/C19H14F3N3O2/c1-12-10-16(26)17(18(27)23-14-7-3-2-4-8-14)24-25(12)15-9-5-6-13(11-15)19(20,21)22/h2-11H,1H3,(H,23,27). The Morgan fingerprint density at radius 3 is 2.41 bits per heavy atom. The van der Waals surface area contributed by atoms with E-state index in [0.29, 0.717) is 11.4 Å². The lowest BCUT2D eigenvalue weighted by molar-refractivity contribution is -0.137. The van der Waals surface area contributed by atoms with Crippen LogP contribution in [0.5, 0.6) is 0 Å². The molecule has 3 aromatic rings. The summed E-state index contributed by atoms with van der Waals surface area (Å²) in [6, 6.07) is 14.1. The second-order valence-corrected chi connectivity index (χ2v) is 5.78. The van der Waals surface area contributed by atoms with Gasteiger partial charge in [0.15, 0.2) is 5.69 Å². The molecule has 0 saturated heterocycles. The fourth-order valence-electron chi connectivity index (χ4n) is 2.49. The molecule has 0 saturated carbocycles. The average molecular weight is 373 g/mol. The van der Waals surface area contributed by atoms with Gasteiger partial charge in [0, 0.05) is 17.4 Å². The van der Waals surface area contributed by atoms with Crippen molar-refractivity contribution in [1.82, 2.24) is 9.78 Å². The van der Waals surface area contributed by atoms with Gasteiger partial charge in [-0.2, -0.15) is 18.3 Å². The van der Waals surface area contributed by atoms with Crippen LogP contribution >= 0.6 is 0 Å². The van der Waals surface area contributed by atoms with E-state index in [1.165, 1.54) is 19.1 Å². The molecule has 0 spiro atoms. The van der Waals surface area contributed by atoms with Gasteiger partial charge >= 0.3 is 6.18 Å². The van der Waals surface area contributed by atoms with Crippen LogP contribution in [0.4, 0.5) is 18.9 Å². The van der Waals surface area contributed by atoms with Crippen molar-refractivity contribution in [3.63, 3.8) is 0 Å². The minimum absolute atomic E-state index is 0.0936. The number of aromatic nitrogens is 2. The predicted molar refractivity (Wildman–Crippen MR) is 94.0 cm³/mol. The van der Waals surface area contributed by atoms with Gasteiger partial charge in [-0.25, -0.2) is 4.68 Å². The molecular formula is C19H14F3N3O2. The van der Waals surface area contributed by atoms with Crippen molar-refractivity contribution in [1.29, 1.82) is 0 Å². The third-order valence-corrected chi connectivity index (χ3v) is 3.77. The van der Waals surface area contributed by atoms with Crippen LogP contribution in [-0.2, 0) is 6.18 Å². The van der Waals surface area contributed by atoms with E-state index in [0.717, 1.165) is 22.9 Å². The predicted octanol–water partition coefficient (Wildman–Crippen LogP) is 3.81. The Labute approximate surface area is 152 Å². The van der Waals surface area contributed by atoms with Gasteiger partial charge in [-0.05, 0) is 37.3 Å². The summed E-state index contributed by atoms with van der Waals surface area (Å²) in [5.74, 6) is -0.744. The molecule has 0 fully saturated rings. The van der Waals surface area contributed by atoms with Crippen molar-refractivity contribution in [2.75, 3.05) is 5.32 Å². The summed E-state index contributed by atoms with van der Waals surface area (Å²) >= 11 is 0. The molecule has 0 unspecified atom stereocenters. The summed E-state index contributed by atoms with van der Waals surface area (Å²) in [5, 5.41) is 6.52. The van der Waals surface area contributed by atoms with Gasteiger partial charge < -0.3 is 5.32 Å². The van der Waals surface area contributed by atoms with E-state index in [4.69, 9.17) is 0 Å². The van der Waals surface area contributed by atoms with Crippen LogP contribution in [0, 0.1) is 6.92 Å². The van der Waals surface area contributed by atoms with Crippen molar-refractivity contribution in [3.05, 3.63) is 87.8 Å². The van der Waals surface area contributed by atoms with E-state index in [1.807, 2.05) is 0 Å². The molecule has 27 heavy (non-hydrogen) atoms. The maximum atomic E-state index is 13.0. The molecular weight excluding hydrogens is 359 g/mol. The number of aryl methyl sites for hydroxylation is 1. The maximum absolute atomic E-state index is 13.0. The number of benzene rings is 2. The van der Waals surface area contributed by atoms with Crippen molar-refractivity contribution in [2.45, 2.75) is 13.1 Å². The number of alkyl halides is 3. The van der Waals surface area contributed by atoms with Gasteiger partial charge in [0.1, 0.15) is 0 Å². The molecule has 0 aliphatic rings. The first kappa shape index (κ1) is 18.4. The molecule has 138 valence electrons. The van der Waals surface area contributed by atoms with Crippen LogP contribution in [0.15, 0.2) is 65.5 Å². The fourth-order valence-corrected chi connectivity index (χ4v) is 2.49. The van der Waals surface area contributed by atoms with Crippen LogP contribution in [0.1, 0.15) is 21.7 Å². The number of hydrogen-bond donors (Lipinski definition) is 1. The number of rotatable bonds is 3. The summed E-state index contributed by atoms with van der Waals surface area (Å²) in [6.45, 7) is 1.52. The molecule has 3 rings (SSSR count). The van der Waals surface area contributed by atoms with Gasteiger partial charge in [-0.3, -0.25) is 9.59 Å². The molecule has 0 aliphatic carbocycles. The molecule has 2 aromatic carbocycles. The Morgan fingerprint density at radius 1 is 1.04 bits per heavy atom. The maximum Gasteiger partial charge on any atom is 0.416 e. The van der Waals surface area contributed by atoms with Gasteiger partial charge in [-0.1, -0.05) is 24.3 Å². The second-order valence-electron chi connectivity index (χ2n) is 5.78. The van der Waals surface area contributed by atoms with Gasteiger partial charge in [0.25, 0.3) is 5.91 Å². The Balaban J connectivity index is 2.02. The second kappa shape index (κ2) is 7.06. The number of amides is 1. The quantitative estimate of drug-likeness (QED) is 0.759. The molecule has 1 amide bonds. The Kier molecular flexibility index (Phi) is 4.81. The van der Waals surface area contributed by atoms with Gasteiger partial charge in [0.2, 0.25) is 5.43 Å². The highest BCUT2D eigenvalue weighted by atomic mass is 19.4. The average Bonchev–Trinajstić information content (AvgIpc) is 2.62. The van der Waals surface area contributed by atoms with E-state index in [2.05, 4.69) is 10.4 Å². The number of halogens is 3. The Morgan fingerprint density at radius 2 is 1.74 bits per heavy atom. The minimum atomic E-state index is -4.52. The minimum Gasteiger partial charge on any atom is -0.320 e. The first-order chi connectivity index (χ1) is 12.8. The van der Waals surface area contributed by atoms with Gasteiger partial charge in [-0.15, -0.1) is 0 Å². The zero-order valence-electron chi connectivity index (χ0n) is 14.1. The SMILES string of the molecule is Cc1cc(=O)c(C(=O)Nc2ccccc2)nn1-c1cccc(C(F)(F)F)c1. The highest BCUT2D eigenvalue weighted by Crippen LogP contribution is 2.30. The van der Waals surface area contributed by atoms with Crippen LogP contribution < -0.4 is 10.7 Å². The monoisotopic (exact) mass is 373 g/mol. The van der Waals surface area contributed by atoms with E-state index in [1.54, 1.807) is 30.3 Å². The van der Waals surface area contributed by atoms with Crippen molar-refractivity contribution >= 4 is 11.6 Å². The smallest absolute Gasteiger partial charge is 0.320 e. The van der Waals surface area contributed by atoms with Crippen LogP contribution in [0.25, 0.3) is 5.69 Å². The number of carbonyl (C=O) groups is 1. The summed E-state index contributed by atoms with van der Waals surface area (Å²) in [6.07, 6.45) is -4.52. The highest BCUT2D eigenvalue weighted by molar-refractivity contribution is 6.02. The number of nitrogens with zero attached hydrogens (tertiary/aromatic N) is 2. The molecule has 0 aliphatic heterocycles. The summed E-state index contributed by atoms with van der Waals surface area (Å²) < 4.78 is 40.0. The zero-order valence-corrected chi connectivity index (χ0v) is 14.1. The highest BCUT2D eigenvalue weighted by Gasteiger charge is 2.30. The number of hydrogen-bond acceptors (Lipinski definition) is 3. The van der Waals surface area contributed by atoms with Gasteiger partial charge in [0.05, 0.1) is 11.3 Å². The summed E-state index contributed by atoms with van der Waals surface area (Å²) in [7, 11) is 0. The van der Waals surface area contributed by atoms with E-state index in [-0.39, 0.29) is 5.69 Å². The van der Waals surface area contributed by atoms with Crippen molar-refractivity contribution in [2.24, 2.45) is 0 Å². The topological polar surface area (TPSA) is 64.0 Å². The third kappa shape index (κ3) is 4.05. The Hall–Kier alpha value is -3.42. The molecule has 0 atom stereocenters. The van der Waals surface area contributed by atoms with E-state index in [9.17, 15) is 22.8 Å². The molecule has 5 nitrogen and oxygen atoms in total. The molecule has 0 radical (unpaired) electrons. The normalized spacial score (nSPS) is 11.3. The number of anilines is 1. The zero-order chi connectivity index (χ0) is 19.6. The van der Waals surface area contributed by atoms with Crippen LogP contribution in [-0.4, -0.2) is 15.7 Å².